The molecule has 1 saturated heterocycles. The molecule has 0 bridgehead atoms. The highest BCUT2D eigenvalue weighted by molar-refractivity contribution is 14.0. The van der Waals surface area contributed by atoms with Crippen LogP contribution in [0.2, 0.25) is 0 Å². The monoisotopic (exact) mass is 532 g/mol. The lowest BCUT2D eigenvalue weighted by molar-refractivity contribution is 0.170. The van der Waals surface area contributed by atoms with Crippen molar-refractivity contribution in [3.63, 3.8) is 0 Å². The molecule has 170 valence electrons. The maximum absolute atomic E-state index is 5.63. The molecular formula is C22H37IN4O3. The minimum Gasteiger partial charge on any atom is -0.493 e. The smallest absolute Gasteiger partial charge is 0.203 e. The van der Waals surface area contributed by atoms with Crippen molar-refractivity contribution < 1.29 is 14.2 Å². The lowest BCUT2D eigenvalue weighted by atomic mass is 10.1. The van der Waals surface area contributed by atoms with Gasteiger partial charge in [-0.3, -0.25) is 9.89 Å². The van der Waals surface area contributed by atoms with Gasteiger partial charge >= 0.3 is 0 Å². The Balaban J connectivity index is 0.00000320. The van der Waals surface area contributed by atoms with Gasteiger partial charge in [-0.05, 0) is 24.8 Å². The highest BCUT2D eigenvalue weighted by Gasteiger charge is 2.23. The van der Waals surface area contributed by atoms with Crippen LogP contribution in [0.1, 0.15) is 31.2 Å². The van der Waals surface area contributed by atoms with E-state index in [0.717, 1.165) is 62.5 Å². The van der Waals surface area contributed by atoms with Gasteiger partial charge in [-0.25, -0.2) is 0 Å². The summed E-state index contributed by atoms with van der Waals surface area (Å²) in [5.41, 5.74) is 1.11. The van der Waals surface area contributed by atoms with Gasteiger partial charge in [-0.1, -0.05) is 18.9 Å². The summed E-state index contributed by atoms with van der Waals surface area (Å²) >= 11 is 0. The van der Waals surface area contributed by atoms with Crippen molar-refractivity contribution in [2.75, 3.05) is 61.1 Å². The number of hydrogen-bond acceptors (Lipinski definition) is 5. The number of ether oxygens (including phenoxy) is 3. The molecule has 1 aromatic rings. The average Bonchev–Trinajstić information content (AvgIpc) is 3.58. The van der Waals surface area contributed by atoms with Crippen LogP contribution in [0.3, 0.4) is 0 Å². The fourth-order valence-corrected chi connectivity index (χ4v) is 3.98. The van der Waals surface area contributed by atoms with Gasteiger partial charge in [-0.15, -0.1) is 24.0 Å². The highest BCUT2D eigenvalue weighted by atomic mass is 127. The summed E-state index contributed by atoms with van der Waals surface area (Å²) in [6.07, 6.45) is 5.46. The highest BCUT2D eigenvalue weighted by Crippen LogP contribution is 2.40. The minimum absolute atomic E-state index is 0. The van der Waals surface area contributed by atoms with Crippen molar-refractivity contribution in [3.8, 4) is 17.2 Å². The zero-order valence-electron chi connectivity index (χ0n) is 18.8. The zero-order chi connectivity index (χ0) is 20.6. The molecule has 0 atom stereocenters. The normalized spacial score (nSPS) is 17.3. The van der Waals surface area contributed by atoms with Crippen molar-refractivity contribution in [1.29, 1.82) is 0 Å². The maximum atomic E-state index is 5.63. The van der Waals surface area contributed by atoms with Gasteiger partial charge in [-0.2, -0.15) is 0 Å². The Bertz CT molecular complexity index is 689. The van der Waals surface area contributed by atoms with Gasteiger partial charge in [0.05, 0.1) is 21.3 Å². The van der Waals surface area contributed by atoms with E-state index in [1.807, 2.05) is 13.1 Å². The van der Waals surface area contributed by atoms with Crippen molar-refractivity contribution >= 4 is 29.9 Å². The fourth-order valence-electron chi connectivity index (χ4n) is 3.98. The van der Waals surface area contributed by atoms with E-state index < -0.39 is 0 Å². The summed E-state index contributed by atoms with van der Waals surface area (Å²) in [6, 6.07) is 4.01. The van der Waals surface area contributed by atoms with Crippen LogP contribution < -0.4 is 19.5 Å². The molecule has 0 spiro atoms. The molecule has 1 aromatic carbocycles. The third kappa shape index (κ3) is 6.54. The summed E-state index contributed by atoms with van der Waals surface area (Å²) in [5.74, 6) is 4.12. The lowest BCUT2D eigenvalue weighted by Gasteiger charge is -2.36. The first-order valence-corrected chi connectivity index (χ1v) is 10.7. The summed E-state index contributed by atoms with van der Waals surface area (Å²) < 4.78 is 16.5. The number of rotatable bonds is 9. The SMILES string of the molecule is CN=C(NCCCC1CC1)N1CCN(Cc2ccc(OC)c(OC)c2OC)CC1.I. The van der Waals surface area contributed by atoms with Gasteiger partial charge in [0, 0.05) is 51.9 Å². The van der Waals surface area contributed by atoms with E-state index in [-0.39, 0.29) is 24.0 Å². The molecule has 1 N–H and O–H groups in total. The molecule has 0 amide bonds. The molecule has 1 heterocycles. The molecule has 0 unspecified atom stereocenters. The number of aliphatic imine (C=N–C) groups is 1. The molecule has 2 fully saturated rings. The Kier molecular flexibility index (Phi) is 10.3. The predicted octanol–water partition coefficient (Wildman–Crippen LogP) is 3.21. The maximum Gasteiger partial charge on any atom is 0.203 e. The number of hydrogen-bond donors (Lipinski definition) is 1. The van der Waals surface area contributed by atoms with Crippen LogP contribution in [0.5, 0.6) is 17.2 Å². The van der Waals surface area contributed by atoms with Crippen LogP contribution in [0.15, 0.2) is 17.1 Å². The number of nitrogens with one attached hydrogen (secondary N) is 1. The van der Waals surface area contributed by atoms with Crippen molar-refractivity contribution in [1.82, 2.24) is 15.1 Å². The van der Waals surface area contributed by atoms with Gasteiger partial charge in [0.15, 0.2) is 17.5 Å². The number of methoxy groups -OCH3 is 3. The number of guanidine groups is 1. The first-order valence-electron chi connectivity index (χ1n) is 10.7. The largest absolute Gasteiger partial charge is 0.493 e. The number of benzene rings is 1. The van der Waals surface area contributed by atoms with E-state index in [0.29, 0.717) is 11.5 Å². The number of piperazine rings is 1. The van der Waals surface area contributed by atoms with Gasteiger partial charge < -0.3 is 24.4 Å². The van der Waals surface area contributed by atoms with Gasteiger partial charge in [0.25, 0.3) is 0 Å². The fraction of sp³-hybridized carbons (Fsp3) is 0.682. The topological polar surface area (TPSA) is 58.6 Å². The van der Waals surface area contributed by atoms with Crippen molar-refractivity contribution in [2.24, 2.45) is 10.9 Å². The van der Waals surface area contributed by atoms with E-state index >= 15 is 0 Å². The lowest BCUT2D eigenvalue weighted by Crippen LogP contribution is -2.52. The molecule has 3 rings (SSSR count). The Labute approximate surface area is 198 Å². The van der Waals surface area contributed by atoms with E-state index in [9.17, 15) is 0 Å². The van der Waals surface area contributed by atoms with Crippen LogP contribution in [0, 0.1) is 5.92 Å². The predicted molar refractivity (Wildman–Crippen MR) is 132 cm³/mol. The molecule has 1 saturated carbocycles. The zero-order valence-corrected chi connectivity index (χ0v) is 21.1. The molecule has 7 nitrogen and oxygen atoms in total. The van der Waals surface area contributed by atoms with Crippen LogP contribution >= 0.6 is 24.0 Å². The summed E-state index contributed by atoms with van der Waals surface area (Å²) in [4.78, 5) is 9.29. The second kappa shape index (κ2) is 12.4. The first-order chi connectivity index (χ1) is 14.2. The van der Waals surface area contributed by atoms with Crippen LogP contribution in [0.25, 0.3) is 0 Å². The molecule has 30 heavy (non-hydrogen) atoms. The van der Waals surface area contributed by atoms with E-state index in [1.54, 1.807) is 21.3 Å². The molecule has 2 aliphatic rings. The van der Waals surface area contributed by atoms with Gasteiger partial charge in [0.2, 0.25) is 5.75 Å². The summed E-state index contributed by atoms with van der Waals surface area (Å²) in [5, 5.41) is 3.54. The molecule has 1 aliphatic heterocycles. The molecule has 0 radical (unpaired) electrons. The third-order valence-corrected chi connectivity index (χ3v) is 5.83. The first kappa shape index (κ1) is 24.8. The van der Waals surface area contributed by atoms with Crippen molar-refractivity contribution in [2.45, 2.75) is 32.2 Å². The van der Waals surface area contributed by atoms with E-state index in [1.165, 1.54) is 25.7 Å². The van der Waals surface area contributed by atoms with E-state index in [2.05, 4.69) is 26.2 Å². The quantitative estimate of drug-likeness (QED) is 0.228. The van der Waals surface area contributed by atoms with Crippen LogP contribution in [-0.2, 0) is 6.54 Å². The Morgan fingerprint density at radius 3 is 2.30 bits per heavy atom. The minimum atomic E-state index is 0. The van der Waals surface area contributed by atoms with Crippen LogP contribution in [-0.4, -0.2) is 76.9 Å². The Morgan fingerprint density at radius 1 is 1.03 bits per heavy atom. The van der Waals surface area contributed by atoms with E-state index in [4.69, 9.17) is 14.2 Å². The second-order valence-electron chi connectivity index (χ2n) is 7.82. The third-order valence-electron chi connectivity index (χ3n) is 5.83. The number of nitrogens with zero attached hydrogens (tertiary/aromatic N) is 3. The van der Waals surface area contributed by atoms with Crippen LogP contribution in [0.4, 0.5) is 0 Å². The Morgan fingerprint density at radius 2 is 1.73 bits per heavy atom. The molecule has 0 aromatic heterocycles. The van der Waals surface area contributed by atoms with Gasteiger partial charge in [0.1, 0.15) is 0 Å². The van der Waals surface area contributed by atoms with Crippen molar-refractivity contribution in [3.05, 3.63) is 17.7 Å². The summed E-state index contributed by atoms with van der Waals surface area (Å²) in [7, 11) is 6.84. The number of halogens is 1. The standard InChI is InChI=1S/C22H36N4O3.HI/c1-23-22(24-11-5-6-17-7-8-17)26-14-12-25(13-15-26)16-18-9-10-19(27-2)21(29-4)20(18)28-3;/h9-10,17H,5-8,11-16H2,1-4H3,(H,23,24);1H. The second-order valence-corrected chi connectivity index (χ2v) is 7.82. The summed E-state index contributed by atoms with van der Waals surface area (Å²) in [6.45, 7) is 5.76. The Hall–Kier alpha value is -1.42. The molecule has 1 aliphatic carbocycles. The molecular weight excluding hydrogens is 495 g/mol. The molecule has 8 heteroatoms. The average molecular weight is 532 g/mol.